The van der Waals surface area contributed by atoms with Gasteiger partial charge in [0.05, 0.1) is 24.0 Å². The second-order valence-electron chi connectivity index (χ2n) is 10.8. The van der Waals surface area contributed by atoms with Crippen molar-refractivity contribution in [2.45, 2.75) is 69.6 Å². The monoisotopic (exact) mass is 562 g/mol. The molecule has 0 radical (unpaired) electrons. The molecule has 38 heavy (non-hydrogen) atoms. The van der Waals surface area contributed by atoms with Crippen molar-refractivity contribution >= 4 is 33.4 Å². The summed E-state index contributed by atoms with van der Waals surface area (Å²) in [5.74, 6) is -0.271. The van der Waals surface area contributed by atoms with Crippen LogP contribution in [0.15, 0.2) is 41.3 Å². The van der Waals surface area contributed by atoms with E-state index < -0.39 is 27.9 Å². The minimum Gasteiger partial charge on any atom is -0.493 e. The molecule has 2 aliphatic rings. The second-order valence-corrected chi connectivity index (χ2v) is 13.1. The molecule has 4 rings (SSSR count). The van der Waals surface area contributed by atoms with Crippen molar-refractivity contribution in [1.29, 1.82) is 0 Å². The quantitative estimate of drug-likeness (QED) is 0.477. The van der Waals surface area contributed by atoms with Crippen LogP contribution in [0.5, 0.6) is 5.75 Å². The lowest BCUT2D eigenvalue weighted by Crippen LogP contribution is -2.58. The number of ether oxygens (including phenoxy) is 1. The van der Waals surface area contributed by atoms with E-state index in [0.717, 1.165) is 21.0 Å². The van der Waals surface area contributed by atoms with Crippen LogP contribution < -0.4 is 20.7 Å². The number of carbonyl (C=O) groups is 2. The van der Waals surface area contributed by atoms with E-state index in [1.54, 1.807) is 12.1 Å². The van der Waals surface area contributed by atoms with Crippen molar-refractivity contribution in [3.05, 3.63) is 58.1 Å². The summed E-state index contributed by atoms with van der Waals surface area (Å²) < 4.78 is 33.7. The normalized spacial score (nSPS) is 20.3. The number of piperazine rings is 1. The van der Waals surface area contributed by atoms with E-state index in [2.05, 4.69) is 36.7 Å². The van der Waals surface area contributed by atoms with Crippen LogP contribution >= 0.6 is 11.6 Å². The lowest BCUT2D eigenvalue weighted by molar-refractivity contribution is -0.132. The number of sulfonamides is 1. The van der Waals surface area contributed by atoms with Crippen molar-refractivity contribution in [1.82, 2.24) is 20.3 Å². The van der Waals surface area contributed by atoms with Gasteiger partial charge in [0.25, 0.3) is 0 Å². The number of carbonyl (C=O) groups excluding carboxylic acids is 2. The maximum Gasteiger partial charge on any atom is 0.243 e. The van der Waals surface area contributed by atoms with Gasteiger partial charge in [0.1, 0.15) is 11.8 Å². The fraction of sp³-hybridized carbons (Fsp3) is 0.481. The third-order valence-electron chi connectivity index (χ3n) is 6.65. The minimum absolute atomic E-state index is 0.0805. The number of aryl methyl sites for hydroxylation is 1. The fourth-order valence-electron chi connectivity index (χ4n) is 4.55. The molecule has 0 bridgehead atoms. The summed E-state index contributed by atoms with van der Waals surface area (Å²) >= 11 is 6.57. The number of hydrogen-bond donors (Lipinski definition) is 3. The number of nitrogens with zero attached hydrogens (tertiary/aromatic N) is 1. The summed E-state index contributed by atoms with van der Waals surface area (Å²) in [7, 11) is -3.97. The van der Waals surface area contributed by atoms with Crippen molar-refractivity contribution in [2.24, 2.45) is 0 Å². The van der Waals surface area contributed by atoms with E-state index in [0.29, 0.717) is 30.3 Å². The highest BCUT2D eigenvalue weighted by molar-refractivity contribution is 7.89. The smallest absolute Gasteiger partial charge is 0.243 e. The van der Waals surface area contributed by atoms with Gasteiger partial charge in [0, 0.05) is 42.2 Å². The van der Waals surface area contributed by atoms with Gasteiger partial charge in [0.2, 0.25) is 21.8 Å². The van der Waals surface area contributed by atoms with Crippen molar-refractivity contribution in [3.8, 4) is 5.75 Å². The molecule has 3 N–H and O–H groups in total. The van der Waals surface area contributed by atoms with Gasteiger partial charge in [-0.1, -0.05) is 29.3 Å². The number of halogens is 1. The molecule has 2 aliphatic heterocycles. The molecule has 1 fully saturated rings. The molecule has 9 nitrogen and oxygen atoms in total. The maximum absolute atomic E-state index is 13.4. The van der Waals surface area contributed by atoms with Gasteiger partial charge in [-0.15, -0.1) is 0 Å². The number of hydrogen-bond acceptors (Lipinski definition) is 6. The molecule has 2 amide bonds. The van der Waals surface area contributed by atoms with Gasteiger partial charge < -0.3 is 20.7 Å². The molecule has 2 heterocycles. The molecule has 2 atom stereocenters. The van der Waals surface area contributed by atoms with Gasteiger partial charge in [-0.3, -0.25) is 9.59 Å². The first kappa shape index (κ1) is 28.4. The van der Waals surface area contributed by atoms with Crippen LogP contribution in [0.1, 0.15) is 56.3 Å². The first-order valence-corrected chi connectivity index (χ1v) is 14.5. The zero-order chi connectivity index (χ0) is 27.7. The van der Waals surface area contributed by atoms with Crippen LogP contribution in [0.2, 0.25) is 5.02 Å². The molecule has 0 aliphatic carbocycles. The van der Waals surface area contributed by atoms with Gasteiger partial charge in [-0.2, -0.15) is 4.31 Å². The predicted octanol–water partition coefficient (Wildman–Crippen LogP) is 3.06. The van der Waals surface area contributed by atoms with Crippen LogP contribution in [0.3, 0.4) is 0 Å². The largest absolute Gasteiger partial charge is 0.493 e. The summed E-state index contributed by atoms with van der Waals surface area (Å²) in [6.45, 7) is 9.31. The number of benzene rings is 2. The Hall–Kier alpha value is -2.66. The zero-order valence-corrected chi connectivity index (χ0v) is 23.7. The average molecular weight is 563 g/mol. The summed E-state index contributed by atoms with van der Waals surface area (Å²) in [4.78, 5) is 26.0. The third kappa shape index (κ3) is 6.48. The number of amides is 2. The Morgan fingerprint density at radius 3 is 2.61 bits per heavy atom. The standard InChI is InChI=1S/C27H35ClN4O5S/c1-17-5-7-19(8-6-17)38(35,36)32-11-10-29-26(34)23(32)15-25(33)31-22-9-12-37-24-13-18(16-30-27(2,3)4)21(28)14-20(22)24/h5-8,13-14,22-23,30H,9-12,15-16H2,1-4H3,(H,29,34)(H,31,33). The summed E-state index contributed by atoms with van der Waals surface area (Å²) in [5.41, 5.74) is 2.49. The Kier molecular flexibility index (Phi) is 8.37. The Balaban J connectivity index is 1.50. The molecular weight excluding hydrogens is 528 g/mol. The first-order valence-electron chi connectivity index (χ1n) is 12.7. The lowest BCUT2D eigenvalue weighted by Gasteiger charge is -2.34. The first-order chi connectivity index (χ1) is 17.8. The van der Waals surface area contributed by atoms with Crippen molar-refractivity contribution < 1.29 is 22.7 Å². The third-order valence-corrected chi connectivity index (χ3v) is 8.92. The number of fused-ring (bicyclic) bond motifs is 1. The Morgan fingerprint density at radius 2 is 1.92 bits per heavy atom. The van der Waals surface area contributed by atoms with E-state index in [9.17, 15) is 18.0 Å². The van der Waals surface area contributed by atoms with Crippen molar-refractivity contribution in [3.63, 3.8) is 0 Å². The summed E-state index contributed by atoms with van der Waals surface area (Å²) in [6, 6.07) is 8.62. The molecule has 206 valence electrons. The van der Waals surface area contributed by atoms with E-state index in [-0.39, 0.29) is 36.0 Å². The molecule has 2 aromatic rings. The van der Waals surface area contributed by atoms with Crippen LogP contribution in [0.4, 0.5) is 0 Å². The minimum atomic E-state index is -3.97. The molecule has 2 aromatic carbocycles. The van der Waals surface area contributed by atoms with Gasteiger partial charge in [-0.25, -0.2) is 8.42 Å². The number of nitrogens with one attached hydrogen (secondary N) is 3. The zero-order valence-electron chi connectivity index (χ0n) is 22.1. The van der Waals surface area contributed by atoms with Crippen LogP contribution in [0, 0.1) is 6.92 Å². The van der Waals surface area contributed by atoms with E-state index in [4.69, 9.17) is 16.3 Å². The lowest BCUT2D eigenvalue weighted by atomic mass is 9.97. The van der Waals surface area contributed by atoms with E-state index in [1.807, 2.05) is 19.1 Å². The molecule has 11 heteroatoms. The predicted molar refractivity (Wildman–Crippen MR) is 146 cm³/mol. The van der Waals surface area contributed by atoms with Gasteiger partial charge >= 0.3 is 0 Å². The fourth-order valence-corrected chi connectivity index (χ4v) is 6.37. The molecule has 0 spiro atoms. The highest BCUT2D eigenvalue weighted by atomic mass is 35.5. The Labute approximate surface area is 229 Å². The molecule has 1 saturated heterocycles. The molecule has 2 unspecified atom stereocenters. The highest BCUT2D eigenvalue weighted by Gasteiger charge is 2.40. The van der Waals surface area contributed by atoms with Crippen molar-refractivity contribution in [2.75, 3.05) is 19.7 Å². The Morgan fingerprint density at radius 1 is 1.21 bits per heavy atom. The maximum atomic E-state index is 13.4. The van der Waals surface area contributed by atoms with E-state index >= 15 is 0 Å². The SMILES string of the molecule is Cc1ccc(S(=O)(=O)N2CCNC(=O)C2CC(=O)NC2CCOc3cc(CNC(C)(C)C)c(Cl)cc32)cc1. The van der Waals surface area contributed by atoms with Gasteiger partial charge in [-0.05, 0) is 57.5 Å². The number of rotatable bonds is 7. The average Bonchev–Trinajstić information content (AvgIpc) is 2.84. The summed E-state index contributed by atoms with van der Waals surface area (Å²) in [6.07, 6.45) is 0.224. The van der Waals surface area contributed by atoms with E-state index in [1.165, 1.54) is 12.1 Å². The molecule has 0 aromatic heterocycles. The molecular formula is C27H35ClN4O5S. The van der Waals surface area contributed by atoms with Crippen LogP contribution in [0.25, 0.3) is 0 Å². The van der Waals surface area contributed by atoms with Gasteiger partial charge in [0.15, 0.2) is 0 Å². The second kappa shape index (κ2) is 11.2. The summed E-state index contributed by atoms with van der Waals surface area (Å²) in [5, 5.41) is 9.63. The highest BCUT2D eigenvalue weighted by Crippen LogP contribution is 2.36. The topological polar surface area (TPSA) is 117 Å². The Bertz CT molecular complexity index is 1310. The van der Waals surface area contributed by atoms with Crippen LogP contribution in [-0.2, 0) is 26.2 Å². The molecule has 0 saturated carbocycles. The van der Waals surface area contributed by atoms with Crippen LogP contribution in [-0.4, -0.2) is 55.8 Å².